The van der Waals surface area contributed by atoms with Crippen LogP contribution in [0.15, 0.2) is 72.8 Å². The Hall–Kier alpha value is -4.20. The minimum Gasteiger partial charge on any atom is -0.398 e. The SMILES string of the molecule is Nc1ccccc1Cc1ccccc1N.O=C1C=CC(=O)N1.O=C1C=CC(=O)N1. The van der Waals surface area contributed by atoms with Crippen LogP contribution < -0.4 is 22.1 Å². The zero-order chi connectivity index (χ0) is 21.2. The average Bonchev–Trinajstić information content (AvgIpc) is 3.26. The number of carbonyl (C=O) groups excluding carboxylic acids is 4. The predicted octanol–water partition coefficient (Wildman–Crippen LogP) is 0.840. The molecule has 4 rings (SSSR count). The van der Waals surface area contributed by atoms with Gasteiger partial charge in [0.2, 0.25) is 0 Å². The van der Waals surface area contributed by atoms with Crippen LogP contribution in [0.1, 0.15) is 11.1 Å². The molecular weight excluding hydrogens is 372 g/mol. The van der Waals surface area contributed by atoms with Crippen molar-refractivity contribution in [2.24, 2.45) is 0 Å². The molecule has 0 unspecified atom stereocenters. The molecule has 148 valence electrons. The van der Waals surface area contributed by atoms with Crippen LogP contribution in [0, 0.1) is 0 Å². The number of rotatable bonds is 2. The van der Waals surface area contributed by atoms with Gasteiger partial charge < -0.3 is 11.5 Å². The van der Waals surface area contributed by atoms with E-state index in [1.165, 1.54) is 24.3 Å². The van der Waals surface area contributed by atoms with E-state index >= 15 is 0 Å². The fourth-order valence-corrected chi connectivity index (χ4v) is 2.31. The molecule has 4 amide bonds. The number of amides is 4. The van der Waals surface area contributed by atoms with E-state index in [2.05, 4.69) is 0 Å². The van der Waals surface area contributed by atoms with Crippen LogP contribution in [-0.2, 0) is 25.6 Å². The van der Waals surface area contributed by atoms with E-state index in [0.717, 1.165) is 28.9 Å². The van der Waals surface area contributed by atoms with Gasteiger partial charge in [-0.2, -0.15) is 0 Å². The van der Waals surface area contributed by atoms with Crippen molar-refractivity contribution in [1.29, 1.82) is 0 Å². The second-order valence-corrected chi connectivity index (χ2v) is 5.95. The van der Waals surface area contributed by atoms with Crippen LogP contribution in [0.4, 0.5) is 11.4 Å². The summed E-state index contributed by atoms with van der Waals surface area (Å²) in [6.07, 6.45) is 5.58. The number of carbonyl (C=O) groups is 4. The Labute approximate surface area is 167 Å². The fourth-order valence-electron chi connectivity index (χ4n) is 2.31. The average molecular weight is 392 g/mol. The monoisotopic (exact) mass is 392 g/mol. The first-order valence-electron chi connectivity index (χ1n) is 8.58. The number of hydrogen-bond acceptors (Lipinski definition) is 6. The van der Waals surface area contributed by atoms with E-state index in [1.54, 1.807) is 0 Å². The molecule has 8 nitrogen and oxygen atoms in total. The van der Waals surface area contributed by atoms with E-state index < -0.39 is 0 Å². The lowest BCUT2D eigenvalue weighted by atomic mass is 10.0. The smallest absolute Gasteiger partial charge is 0.250 e. The van der Waals surface area contributed by atoms with E-state index in [1.807, 2.05) is 59.2 Å². The molecular formula is C21H20N4O4. The zero-order valence-corrected chi connectivity index (χ0v) is 15.4. The first-order chi connectivity index (χ1) is 13.8. The Bertz CT molecular complexity index is 884. The topological polar surface area (TPSA) is 144 Å². The molecule has 0 fully saturated rings. The van der Waals surface area contributed by atoms with E-state index in [4.69, 9.17) is 11.5 Å². The second-order valence-electron chi connectivity index (χ2n) is 5.95. The van der Waals surface area contributed by atoms with Crippen LogP contribution in [0.5, 0.6) is 0 Å². The number of para-hydroxylation sites is 2. The quantitative estimate of drug-likeness (QED) is 0.440. The highest BCUT2D eigenvalue weighted by molar-refractivity contribution is 6.13. The largest absolute Gasteiger partial charge is 0.398 e. The minimum absolute atomic E-state index is 0.329. The summed E-state index contributed by atoms with van der Waals surface area (Å²) in [6, 6.07) is 15.7. The van der Waals surface area contributed by atoms with Gasteiger partial charge in [-0.3, -0.25) is 29.8 Å². The van der Waals surface area contributed by atoms with Crippen LogP contribution in [-0.4, -0.2) is 23.6 Å². The third kappa shape index (κ3) is 7.14. The molecule has 0 atom stereocenters. The Morgan fingerprint density at radius 3 is 1.10 bits per heavy atom. The molecule has 2 aliphatic heterocycles. The molecule has 0 saturated heterocycles. The number of nitrogen functional groups attached to an aromatic ring is 2. The molecule has 0 radical (unpaired) electrons. The summed E-state index contributed by atoms with van der Waals surface area (Å²) in [6.45, 7) is 0. The summed E-state index contributed by atoms with van der Waals surface area (Å²) in [5, 5.41) is 4.06. The van der Waals surface area contributed by atoms with Gasteiger partial charge in [-0.15, -0.1) is 0 Å². The number of nitrogens with one attached hydrogen (secondary N) is 2. The fraction of sp³-hybridized carbons (Fsp3) is 0.0476. The zero-order valence-electron chi connectivity index (χ0n) is 15.4. The van der Waals surface area contributed by atoms with E-state index in [0.29, 0.717) is 0 Å². The van der Waals surface area contributed by atoms with Crippen molar-refractivity contribution in [3.8, 4) is 0 Å². The Morgan fingerprint density at radius 2 is 0.862 bits per heavy atom. The number of nitrogens with two attached hydrogens (primary N) is 2. The maximum Gasteiger partial charge on any atom is 0.250 e. The molecule has 0 aliphatic carbocycles. The molecule has 0 aromatic heterocycles. The Balaban J connectivity index is 0.000000178. The lowest BCUT2D eigenvalue weighted by molar-refractivity contribution is -0.125. The molecule has 8 heteroatoms. The first-order valence-corrected chi connectivity index (χ1v) is 8.58. The molecule has 2 aromatic carbocycles. The first kappa shape index (κ1) is 21.1. The van der Waals surface area contributed by atoms with Gasteiger partial charge in [0.05, 0.1) is 0 Å². The van der Waals surface area contributed by atoms with Gasteiger partial charge in [-0.1, -0.05) is 36.4 Å². The van der Waals surface area contributed by atoms with E-state index in [-0.39, 0.29) is 23.6 Å². The van der Waals surface area contributed by atoms with Crippen LogP contribution >= 0.6 is 0 Å². The van der Waals surface area contributed by atoms with Crippen LogP contribution in [0.25, 0.3) is 0 Å². The minimum atomic E-state index is -0.329. The van der Waals surface area contributed by atoms with Gasteiger partial charge >= 0.3 is 0 Å². The Morgan fingerprint density at radius 1 is 0.552 bits per heavy atom. The van der Waals surface area contributed by atoms with Crippen molar-refractivity contribution in [2.75, 3.05) is 11.5 Å². The van der Waals surface area contributed by atoms with E-state index in [9.17, 15) is 19.2 Å². The summed E-state index contributed by atoms with van der Waals surface area (Å²) in [4.78, 5) is 40.1. The lowest BCUT2D eigenvalue weighted by Crippen LogP contribution is -2.19. The second kappa shape index (κ2) is 10.2. The highest BCUT2D eigenvalue weighted by Crippen LogP contribution is 2.19. The predicted molar refractivity (Wildman–Crippen MR) is 109 cm³/mol. The number of anilines is 2. The third-order valence-corrected chi connectivity index (χ3v) is 3.76. The summed E-state index contributed by atoms with van der Waals surface area (Å²) < 4.78 is 0. The van der Waals surface area contributed by atoms with Crippen molar-refractivity contribution in [1.82, 2.24) is 10.6 Å². The summed E-state index contributed by atoms with van der Waals surface area (Å²) in [7, 11) is 0. The maximum absolute atomic E-state index is 10.0. The number of imide groups is 2. The van der Waals surface area contributed by atoms with Gasteiger partial charge in [-0.05, 0) is 23.3 Å². The van der Waals surface area contributed by atoms with Gasteiger partial charge in [0.1, 0.15) is 0 Å². The van der Waals surface area contributed by atoms with Crippen molar-refractivity contribution in [3.63, 3.8) is 0 Å². The summed E-state index contributed by atoms with van der Waals surface area (Å²) >= 11 is 0. The molecule has 0 saturated carbocycles. The third-order valence-electron chi connectivity index (χ3n) is 3.76. The number of benzene rings is 2. The van der Waals surface area contributed by atoms with Gasteiger partial charge in [-0.25, -0.2) is 0 Å². The highest BCUT2D eigenvalue weighted by Gasteiger charge is 2.07. The molecule has 6 N–H and O–H groups in total. The molecule has 0 spiro atoms. The van der Waals surface area contributed by atoms with Crippen LogP contribution in [0.3, 0.4) is 0 Å². The standard InChI is InChI=1S/C13H14N2.2C4H3NO2/c14-12-7-3-1-5-10(12)9-11-6-2-4-8-13(11)15;2*6-3-1-2-4(7)5-3/h1-8H,9,14-15H2;2*1-2H,(H,5,6,7). The highest BCUT2D eigenvalue weighted by atomic mass is 16.2. The van der Waals surface area contributed by atoms with Crippen molar-refractivity contribution < 1.29 is 19.2 Å². The summed E-state index contributed by atoms with van der Waals surface area (Å²) in [5.74, 6) is -1.31. The summed E-state index contributed by atoms with van der Waals surface area (Å²) in [5.41, 5.74) is 15.6. The lowest BCUT2D eigenvalue weighted by Gasteiger charge is -2.07. The molecule has 2 aliphatic rings. The molecule has 0 bridgehead atoms. The normalized spacial score (nSPS) is 13.8. The van der Waals surface area contributed by atoms with Crippen molar-refractivity contribution >= 4 is 35.0 Å². The van der Waals surface area contributed by atoms with Crippen molar-refractivity contribution in [2.45, 2.75) is 6.42 Å². The molecule has 29 heavy (non-hydrogen) atoms. The Kier molecular flexibility index (Phi) is 7.43. The van der Waals surface area contributed by atoms with Crippen LogP contribution in [0.2, 0.25) is 0 Å². The van der Waals surface area contributed by atoms with Gasteiger partial charge in [0, 0.05) is 42.1 Å². The maximum atomic E-state index is 10.0. The number of hydrogen-bond donors (Lipinski definition) is 4. The van der Waals surface area contributed by atoms with Crippen molar-refractivity contribution in [3.05, 3.63) is 84.0 Å². The van der Waals surface area contributed by atoms with Gasteiger partial charge in [0.15, 0.2) is 0 Å². The molecule has 2 aromatic rings. The van der Waals surface area contributed by atoms with Gasteiger partial charge in [0.25, 0.3) is 23.6 Å². The molecule has 2 heterocycles.